The lowest BCUT2D eigenvalue weighted by Crippen LogP contribution is -2.42. The van der Waals surface area contributed by atoms with Gasteiger partial charge in [-0.25, -0.2) is 14.2 Å². The van der Waals surface area contributed by atoms with Crippen molar-refractivity contribution >= 4 is 29.3 Å². The van der Waals surface area contributed by atoms with E-state index < -0.39 is 23.7 Å². The zero-order valence-electron chi connectivity index (χ0n) is 18.9. The molecule has 0 unspecified atom stereocenters. The largest absolute Gasteiger partial charge is 0.480 e. The average Bonchev–Trinajstić information content (AvgIpc) is 2.78. The minimum Gasteiger partial charge on any atom is -0.480 e. The number of nitrogens with one attached hydrogen (secondary N) is 2. The Kier molecular flexibility index (Phi) is 8.00. The van der Waals surface area contributed by atoms with E-state index in [2.05, 4.69) is 22.8 Å². The maximum absolute atomic E-state index is 13.5. The van der Waals surface area contributed by atoms with Crippen molar-refractivity contribution in [3.05, 3.63) is 58.0 Å². The summed E-state index contributed by atoms with van der Waals surface area (Å²) in [6, 6.07) is 6.55. The number of ether oxygens (including phenoxy) is 1. The molecule has 1 aliphatic carbocycles. The molecular formula is C25H29ClFN3O4. The van der Waals surface area contributed by atoms with E-state index in [9.17, 15) is 19.1 Å². The molecule has 0 spiro atoms. The number of fused-ring (bicyclic) bond motifs is 1. The summed E-state index contributed by atoms with van der Waals surface area (Å²) >= 11 is 5.77. The van der Waals surface area contributed by atoms with Crippen LogP contribution in [-0.2, 0) is 22.4 Å². The highest BCUT2D eigenvalue weighted by atomic mass is 35.5. The number of hydrogen-bond acceptors (Lipinski definition) is 5. The molecule has 1 saturated carbocycles. The molecule has 182 valence electrons. The van der Waals surface area contributed by atoms with Crippen molar-refractivity contribution in [2.24, 2.45) is 5.92 Å². The molecule has 3 N–H and O–H groups in total. The number of hydrogen-bond donors (Lipinski definition) is 3. The standard InChI is InChI=1S/C25H29ClFN3O4/c26-18-12-17(13-19(27)14-18)24(31)30-22(25(32)33)7-9-34-21-10-15(11-21)3-5-20-6-4-16-2-1-8-28-23(16)29-20/h4,6,12-15,21-22H,1-3,5,7-11H2,(H,28,29)(H,30,31)(H,32,33)/t15-,21-,22-/m0/s1. The third-order valence-corrected chi connectivity index (χ3v) is 6.66. The number of anilines is 1. The fraction of sp³-hybridized carbons (Fsp3) is 0.480. The van der Waals surface area contributed by atoms with Crippen LogP contribution in [0.3, 0.4) is 0 Å². The van der Waals surface area contributed by atoms with Crippen LogP contribution in [0.4, 0.5) is 10.2 Å². The van der Waals surface area contributed by atoms with Gasteiger partial charge in [0, 0.05) is 35.9 Å². The van der Waals surface area contributed by atoms with Gasteiger partial charge in [0.25, 0.3) is 5.91 Å². The van der Waals surface area contributed by atoms with Crippen molar-refractivity contribution in [2.75, 3.05) is 18.5 Å². The predicted octanol–water partition coefficient (Wildman–Crippen LogP) is 4.23. The second-order valence-electron chi connectivity index (χ2n) is 9.02. The lowest BCUT2D eigenvalue weighted by molar-refractivity contribution is -0.140. The summed E-state index contributed by atoms with van der Waals surface area (Å²) in [6.07, 6.45) is 6.33. The average molecular weight is 490 g/mol. The van der Waals surface area contributed by atoms with E-state index >= 15 is 0 Å². The first-order chi connectivity index (χ1) is 16.4. The second kappa shape index (κ2) is 11.1. The lowest BCUT2D eigenvalue weighted by Gasteiger charge is -2.35. The number of aromatic nitrogens is 1. The molecule has 1 amide bonds. The molecule has 1 atom stereocenters. The highest BCUT2D eigenvalue weighted by molar-refractivity contribution is 6.31. The number of nitrogens with zero attached hydrogens (tertiary/aromatic N) is 1. The Hall–Kier alpha value is -2.71. The third kappa shape index (κ3) is 6.45. The minimum atomic E-state index is -1.17. The van der Waals surface area contributed by atoms with Gasteiger partial charge >= 0.3 is 5.97 Å². The summed E-state index contributed by atoms with van der Waals surface area (Å²) in [7, 11) is 0. The molecule has 0 bridgehead atoms. The van der Waals surface area contributed by atoms with Crippen LogP contribution in [0.25, 0.3) is 0 Å². The van der Waals surface area contributed by atoms with E-state index in [1.165, 1.54) is 11.6 Å². The van der Waals surface area contributed by atoms with Gasteiger partial charge in [0.2, 0.25) is 0 Å². The summed E-state index contributed by atoms with van der Waals surface area (Å²) in [5.74, 6) is -0.921. The maximum Gasteiger partial charge on any atom is 0.326 e. The van der Waals surface area contributed by atoms with Crippen LogP contribution < -0.4 is 10.6 Å². The first-order valence-electron chi connectivity index (χ1n) is 11.7. The molecule has 2 aliphatic rings. The van der Waals surface area contributed by atoms with Crippen LogP contribution in [0.2, 0.25) is 5.02 Å². The molecule has 7 nitrogen and oxygen atoms in total. The zero-order chi connectivity index (χ0) is 24.1. The van der Waals surface area contributed by atoms with Crippen molar-refractivity contribution in [2.45, 2.75) is 57.1 Å². The molecule has 2 aromatic rings. The molecule has 4 rings (SSSR count). The molecule has 1 aromatic carbocycles. The third-order valence-electron chi connectivity index (χ3n) is 6.44. The first kappa shape index (κ1) is 24.4. The van der Waals surface area contributed by atoms with Crippen molar-refractivity contribution in [1.82, 2.24) is 10.3 Å². The van der Waals surface area contributed by atoms with E-state index in [1.54, 1.807) is 0 Å². The number of pyridine rings is 1. The number of carbonyl (C=O) groups excluding carboxylic acids is 1. The molecule has 2 heterocycles. The number of rotatable bonds is 10. The van der Waals surface area contributed by atoms with Gasteiger partial charge < -0.3 is 20.5 Å². The monoisotopic (exact) mass is 489 g/mol. The lowest BCUT2D eigenvalue weighted by atomic mass is 9.79. The van der Waals surface area contributed by atoms with Gasteiger partial charge in [-0.05, 0) is 74.3 Å². The fourth-order valence-electron chi connectivity index (χ4n) is 4.44. The molecule has 0 saturated heterocycles. The fourth-order valence-corrected chi connectivity index (χ4v) is 4.66. The summed E-state index contributed by atoms with van der Waals surface area (Å²) in [5, 5.41) is 15.3. The Morgan fingerprint density at radius 3 is 2.88 bits per heavy atom. The number of halogens is 2. The van der Waals surface area contributed by atoms with Crippen LogP contribution in [-0.4, -0.2) is 47.3 Å². The first-order valence-corrected chi connectivity index (χ1v) is 12.1. The Bertz CT molecular complexity index is 1020. The van der Waals surface area contributed by atoms with Gasteiger partial charge in [-0.1, -0.05) is 17.7 Å². The summed E-state index contributed by atoms with van der Waals surface area (Å²) in [6.45, 7) is 1.20. The van der Waals surface area contributed by atoms with Crippen molar-refractivity contribution in [3.8, 4) is 0 Å². The van der Waals surface area contributed by atoms with Crippen LogP contribution in [0, 0.1) is 11.7 Å². The summed E-state index contributed by atoms with van der Waals surface area (Å²) < 4.78 is 19.3. The van der Waals surface area contributed by atoms with Gasteiger partial charge in [-0.2, -0.15) is 0 Å². The van der Waals surface area contributed by atoms with Gasteiger partial charge in [-0.3, -0.25) is 4.79 Å². The molecule has 34 heavy (non-hydrogen) atoms. The molecule has 1 aliphatic heterocycles. The SMILES string of the molecule is O=C(N[C@@H](CCO[C@H]1C[C@H](CCc2ccc3c(n2)NCCC3)C1)C(=O)O)c1cc(F)cc(Cl)c1. The van der Waals surface area contributed by atoms with E-state index in [-0.39, 0.29) is 29.7 Å². The quantitative estimate of drug-likeness (QED) is 0.461. The predicted molar refractivity (Wildman–Crippen MR) is 127 cm³/mol. The number of aliphatic carboxylic acids is 1. The van der Waals surface area contributed by atoms with Crippen LogP contribution in [0.5, 0.6) is 0 Å². The number of carboxylic acid groups (broad SMARTS) is 1. The van der Waals surface area contributed by atoms with Crippen molar-refractivity contribution in [3.63, 3.8) is 0 Å². The van der Waals surface area contributed by atoms with Gasteiger partial charge in [0.05, 0.1) is 6.10 Å². The van der Waals surface area contributed by atoms with Gasteiger partial charge in [0.1, 0.15) is 17.7 Å². The number of benzene rings is 1. The van der Waals surface area contributed by atoms with E-state index in [0.717, 1.165) is 68.7 Å². The number of carbonyl (C=O) groups is 2. The zero-order valence-corrected chi connectivity index (χ0v) is 19.6. The summed E-state index contributed by atoms with van der Waals surface area (Å²) in [5.41, 5.74) is 2.38. The Morgan fingerprint density at radius 2 is 2.12 bits per heavy atom. The molecule has 9 heteroatoms. The highest BCUT2D eigenvalue weighted by Crippen LogP contribution is 2.34. The van der Waals surface area contributed by atoms with Crippen LogP contribution in [0.15, 0.2) is 30.3 Å². The van der Waals surface area contributed by atoms with E-state index in [0.29, 0.717) is 5.92 Å². The number of amides is 1. The van der Waals surface area contributed by atoms with Gasteiger partial charge in [-0.15, -0.1) is 0 Å². The molecule has 1 aromatic heterocycles. The Balaban J connectivity index is 1.16. The second-order valence-corrected chi connectivity index (χ2v) is 9.46. The van der Waals surface area contributed by atoms with Crippen LogP contribution >= 0.6 is 11.6 Å². The maximum atomic E-state index is 13.5. The number of aryl methyl sites for hydroxylation is 2. The van der Waals surface area contributed by atoms with Crippen molar-refractivity contribution in [1.29, 1.82) is 0 Å². The summed E-state index contributed by atoms with van der Waals surface area (Å²) in [4.78, 5) is 28.6. The normalized spacial score (nSPS) is 19.9. The Labute approximate surface area is 203 Å². The number of carboxylic acids is 1. The molecule has 0 radical (unpaired) electrons. The van der Waals surface area contributed by atoms with Crippen molar-refractivity contribution < 1.29 is 23.8 Å². The Morgan fingerprint density at radius 1 is 1.29 bits per heavy atom. The smallest absolute Gasteiger partial charge is 0.326 e. The molecule has 1 fully saturated rings. The van der Waals surface area contributed by atoms with E-state index in [4.69, 9.17) is 21.3 Å². The minimum absolute atomic E-state index is 0.0248. The van der Waals surface area contributed by atoms with E-state index in [1.807, 2.05) is 0 Å². The highest BCUT2D eigenvalue weighted by Gasteiger charge is 2.30. The topological polar surface area (TPSA) is 101 Å². The van der Waals surface area contributed by atoms with Gasteiger partial charge in [0.15, 0.2) is 0 Å². The molecular weight excluding hydrogens is 461 g/mol. The van der Waals surface area contributed by atoms with Crippen LogP contribution in [0.1, 0.15) is 53.7 Å².